The Kier molecular flexibility index (Phi) is 4.02. The van der Waals surface area contributed by atoms with Crippen molar-refractivity contribution < 1.29 is 0 Å². The van der Waals surface area contributed by atoms with Gasteiger partial charge in [-0.15, -0.1) is 0 Å². The van der Waals surface area contributed by atoms with Gasteiger partial charge in [-0.2, -0.15) is 0 Å². The first-order valence-corrected chi connectivity index (χ1v) is 8.00. The molecule has 2 aliphatic rings. The maximum absolute atomic E-state index is 6.17. The first-order chi connectivity index (χ1) is 9.13. The van der Waals surface area contributed by atoms with Crippen LogP contribution in [0.4, 0.5) is 0 Å². The quantitative estimate of drug-likeness (QED) is 0.445. The second-order valence-corrected chi connectivity index (χ2v) is 7.15. The van der Waals surface area contributed by atoms with Crippen molar-refractivity contribution in [2.45, 2.75) is 38.3 Å². The molecule has 0 amide bonds. The van der Waals surface area contributed by atoms with Crippen LogP contribution in [0.1, 0.15) is 31.2 Å². The van der Waals surface area contributed by atoms with E-state index in [9.17, 15) is 0 Å². The summed E-state index contributed by atoms with van der Waals surface area (Å²) in [6.07, 6.45) is 5.35. The number of benzene rings is 1. The summed E-state index contributed by atoms with van der Waals surface area (Å²) in [6.45, 7) is 0.799. The summed E-state index contributed by atoms with van der Waals surface area (Å²) in [7, 11) is 0. The number of hydrogen-bond acceptors (Lipinski definition) is 1. The molecule has 2 saturated carbocycles. The fourth-order valence-electron chi connectivity index (χ4n) is 3.69. The molecule has 0 spiro atoms. The van der Waals surface area contributed by atoms with Gasteiger partial charge in [-0.25, -0.2) is 0 Å². The van der Waals surface area contributed by atoms with Crippen LogP contribution in [0.3, 0.4) is 0 Å². The van der Waals surface area contributed by atoms with E-state index in [1.807, 2.05) is 12.1 Å². The molecule has 19 heavy (non-hydrogen) atoms. The molecule has 2 aliphatic carbocycles. The van der Waals surface area contributed by atoms with Crippen LogP contribution in [-0.2, 0) is 6.54 Å². The molecule has 1 aromatic rings. The summed E-state index contributed by atoms with van der Waals surface area (Å²) in [6, 6.07) is 8.50. The Hall–Kier alpha value is -0.310. The minimum atomic E-state index is 0.507. The first kappa shape index (κ1) is 13.7. The van der Waals surface area contributed by atoms with E-state index >= 15 is 0 Å². The van der Waals surface area contributed by atoms with Crippen LogP contribution < -0.4 is 0 Å². The van der Waals surface area contributed by atoms with E-state index in [2.05, 4.69) is 17.0 Å². The Morgan fingerprint density at radius 1 is 1.21 bits per heavy atom. The molecule has 102 valence electrons. The number of halogens is 2. The summed E-state index contributed by atoms with van der Waals surface area (Å²) in [5.74, 6) is 1.68. The van der Waals surface area contributed by atoms with Gasteiger partial charge in [0.25, 0.3) is 0 Å². The van der Waals surface area contributed by atoms with Crippen LogP contribution in [-0.4, -0.2) is 15.4 Å². The fraction of sp³-hybridized carbons (Fsp3) is 0.533. The molecular weight excluding hydrogens is 297 g/mol. The molecular formula is C15H17Cl2NS. The van der Waals surface area contributed by atoms with Crippen molar-refractivity contribution in [2.24, 2.45) is 11.8 Å². The molecule has 0 N–H and O–H groups in total. The SMILES string of the molecule is S=C(Cl)N(Cc1ccc(Cl)cc1)C1CC2CCC1C2. The first-order valence-electron chi connectivity index (χ1n) is 6.84. The Balaban J connectivity index is 1.74. The normalized spacial score (nSPS) is 28.6. The van der Waals surface area contributed by atoms with Gasteiger partial charge in [0, 0.05) is 17.6 Å². The van der Waals surface area contributed by atoms with E-state index < -0.39 is 0 Å². The molecule has 2 fully saturated rings. The Bertz CT molecular complexity index is 474. The van der Waals surface area contributed by atoms with E-state index in [0.29, 0.717) is 10.5 Å². The second-order valence-electron chi connectivity index (χ2n) is 5.75. The van der Waals surface area contributed by atoms with Gasteiger partial charge in [0.05, 0.1) is 0 Å². The molecule has 2 bridgehead atoms. The lowest BCUT2D eigenvalue weighted by Gasteiger charge is -2.34. The zero-order valence-corrected chi connectivity index (χ0v) is 13.0. The average Bonchev–Trinajstić information content (AvgIpc) is 3.00. The predicted molar refractivity (Wildman–Crippen MR) is 84.7 cm³/mol. The largest absolute Gasteiger partial charge is 0.346 e. The van der Waals surface area contributed by atoms with Crippen molar-refractivity contribution in [3.05, 3.63) is 34.9 Å². The number of fused-ring (bicyclic) bond motifs is 2. The monoisotopic (exact) mass is 313 g/mol. The second kappa shape index (κ2) is 5.59. The average molecular weight is 314 g/mol. The highest BCUT2D eigenvalue weighted by molar-refractivity contribution is 7.83. The zero-order valence-electron chi connectivity index (χ0n) is 10.7. The molecule has 1 nitrogen and oxygen atoms in total. The third kappa shape index (κ3) is 2.91. The van der Waals surface area contributed by atoms with Crippen LogP contribution in [0.25, 0.3) is 0 Å². The van der Waals surface area contributed by atoms with Crippen molar-refractivity contribution in [2.75, 3.05) is 0 Å². The van der Waals surface area contributed by atoms with Gasteiger partial charge >= 0.3 is 0 Å². The molecule has 1 aromatic carbocycles. The Morgan fingerprint density at radius 2 is 1.95 bits per heavy atom. The van der Waals surface area contributed by atoms with E-state index in [1.54, 1.807) is 0 Å². The van der Waals surface area contributed by atoms with Crippen molar-refractivity contribution in [1.29, 1.82) is 0 Å². The van der Waals surface area contributed by atoms with Gasteiger partial charge in [0.15, 0.2) is 4.45 Å². The van der Waals surface area contributed by atoms with Gasteiger partial charge < -0.3 is 4.90 Å². The molecule has 0 aromatic heterocycles. The van der Waals surface area contributed by atoms with Gasteiger partial charge in [0.2, 0.25) is 0 Å². The number of thiocarbonyl (C=S) groups is 1. The van der Waals surface area contributed by atoms with Gasteiger partial charge in [-0.1, -0.05) is 41.8 Å². The summed E-state index contributed by atoms with van der Waals surface area (Å²) in [5.41, 5.74) is 1.22. The van der Waals surface area contributed by atoms with Gasteiger partial charge in [-0.3, -0.25) is 0 Å². The molecule has 0 saturated heterocycles. The van der Waals surface area contributed by atoms with Crippen molar-refractivity contribution in [3.63, 3.8) is 0 Å². The molecule has 3 unspecified atom stereocenters. The summed E-state index contributed by atoms with van der Waals surface area (Å²) in [4.78, 5) is 2.21. The Morgan fingerprint density at radius 3 is 2.47 bits per heavy atom. The minimum absolute atomic E-state index is 0.507. The highest BCUT2D eigenvalue weighted by atomic mass is 35.5. The number of nitrogens with zero attached hydrogens (tertiary/aromatic N) is 1. The maximum atomic E-state index is 6.17. The van der Waals surface area contributed by atoms with E-state index in [-0.39, 0.29) is 0 Å². The fourth-order valence-corrected chi connectivity index (χ4v) is 4.20. The lowest BCUT2D eigenvalue weighted by atomic mass is 9.94. The van der Waals surface area contributed by atoms with Crippen molar-refractivity contribution in [3.8, 4) is 0 Å². The maximum Gasteiger partial charge on any atom is 0.170 e. The highest BCUT2D eigenvalue weighted by Crippen LogP contribution is 2.47. The summed E-state index contributed by atoms with van der Waals surface area (Å²) >= 11 is 17.4. The lowest BCUT2D eigenvalue weighted by Crippen LogP contribution is -2.40. The third-order valence-corrected chi connectivity index (χ3v) is 5.30. The van der Waals surface area contributed by atoms with E-state index in [1.165, 1.54) is 31.2 Å². The Labute approximate surface area is 129 Å². The molecule has 0 aliphatic heterocycles. The molecule has 3 rings (SSSR count). The third-order valence-electron chi connectivity index (χ3n) is 4.59. The van der Waals surface area contributed by atoms with Crippen LogP contribution in [0.2, 0.25) is 5.02 Å². The van der Waals surface area contributed by atoms with Gasteiger partial charge in [0.1, 0.15) is 0 Å². The molecule has 4 heteroatoms. The zero-order chi connectivity index (χ0) is 13.4. The molecule has 0 radical (unpaired) electrons. The predicted octanol–water partition coefficient (Wildman–Crippen LogP) is 4.85. The molecule has 3 atom stereocenters. The standard InChI is InChI=1S/C15H17Cl2NS/c16-13-5-2-10(3-6-13)9-18(15(17)19)14-8-11-1-4-12(14)7-11/h2-3,5-6,11-12,14H,1,4,7-9H2. The van der Waals surface area contributed by atoms with Gasteiger partial charge in [-0.05, 0) is 61.0 Å². The summed E-state index contributed by atoms with van der Waals surface area (Å²) < 4.78 is 0.507. The van der Waals surface area contributed by atoms with Crippen LogP contribution >= 0.6 is 35.4 Å². The summed E-state index contributed by atoms with van der Waals surface area (Å²) in [5, 5.41) is 0.767. The topological polar surface area (TPSA) is 3.24 Å². The van der Waals surface area contributed by atoms with Crippen molar-refractivity contribution in [1.82, 2.24) is 4.90 Å². The smallest absolute Gasteiger partial charge is 0.170 e. The molecule has 0 heterocycles. The number of hydrogen-bond donors (Lipinski definition) is 0. The van der Waals surface area contributed by atoms with E-state index in [0.717, 1.165) is 23.4 Å². The van der Waals surface area contributed by atoms with Crippen molar-refractivity contribution >= 4 is 39.9 Å². The van der Waals surface area contributed by atoms with Crippen LogP contribution in [0.5, 0.6) is 0 Å². The minimum Gasteiger partial charge on any atom is -0.346 e. The number of rotatable bonds is 3. The van der Waals surface area contributed by atoms with E-state index in [4.69, 9.17) is 35.4 Å². The lowest BCUT2D eigenvalue weighted by molar-refractivity contribution is 0.226. The highest BCUT2D eigenvalue weighted by Gasteiger charge is 2.42. The van der Waals surface area contributed by atoms with Crippen LogP contribution in [0, 0.1) is 11.8 Å². The van der Waals surface area contributed by atoms with Crippen LogP contribution in [0.15, 0.2) is 24.3 Å².